The molecule has 0 radical (unpaired) electrons. The summed E-state index contributed by atoms with van der Waals surface area (Å²) in [5.41, 5.74) is 3.80. The fourth-order valence-electron chi connectivity index (χ4n) is 4.51. The van der Waals surface area contributed by atoms with Gasteiger partial charge in [-0.1, -0.05) is 12.1 Å². The quantitative estimate of drug-likeness (QED) is 0.405. The molecule has 1 aromatic carbocycles. The summed E-state index contributed by atoms with van der Waals surface area (Å²) in [5.74, 6) is 0.802. The molecule has 37 heavy (non-hydrogen) atoms. The van der Waals surface area contributed by atoms with Crippen LogP contribution in [0.4, 0.5) is 4.79 Å². The van der Waals surface area contributed by atoms with Crippen molar-refractivity contribution in [3.63, 3.8) is 0 Å². The topological polar surface area (TPSA) is 132 Å². The maximum atomic E-state index is 11.6. The largest absolute Gasteiger partial charge is 0.508 e. The lowest BCUT2D eigenvalue weighted by molar-refractivity contribution is -0.229. The minimum atomic E-state index is -1.47. The van der Waals surface area contributed by atoms with Crippen LogP contribution in [0.2, 0.25) is 0 Å². The van der Waals surface area contributed by atoms with Crippen molar-refractivity contribution >= 4 is 6.16 Å². The minimum Gasteiger partial charge on any atom is -0.491 e. The maximum Gasteiger partial charge on any atom is 0.508 e. The molecule has 0 aliphatic carbocycles. The first-order valence-electron chi connectivity index (χ1n) is 12.8. The summed E-state index contributed by atoms with van der Waals surface area (Å²) in [5, 5.41) is 36.4. The number of benzene rings is 1. The first-order chi connectivity index (χ1) is 17.5. The molecular formula is C27H40N2O8. The minimum absolute atomic E-state index is 0.0891. The molecule has 1 aliphatic heterocycles. The van der Waals surface area contributed by atoms with Gasteiger partial charge in [0, 0.05) is 30.1 Å². The molecule has 0 unspecified atom stereocenters. The molecule has 0 amide bonds. The van der Waals surface area contributed by atoms with Gasteiger partial charge in [0.15, 0.2) is 0 Å². The summed E-state index contributed by atoms with van der Waals surface area (Å²) in [4.78, 5) is 11.6. The highest BCUT2D eigenvalue weighted by atomic mass is 16.7. The number of rotatable bonds is 10. The molecule has 10 heteroatoms. The van der Waals surface area contributed by atoms with Gasteiger partial charge >= 0.3 is 6.16 Å². The van der Waals surface area contributed by atoms with E-state index in [9.17, 15) is 20.1 Å². The van der Waals surface area contributed by atoms with Crippen LogP contribution in [0.15, 0.2) is 24.3 Å². The van der Waals surface area contributed by atoms with Crippen molar-refractivity contribution in [2.45, 2.75) is 97.0 Å². The van der Waals surface area contributed by atoms with Crippen molar-refractivity contribution in [2.75, 3.05) is 13.2 Å². The van der Waals surface area contributed by atoms with E-state index in [1.807, 2.05) is 63.6 Å². The second-order valence-electron chi connectivity index (χ2n) is 9.92. The molecule has 1 saturated heterocycles. The monoisotopic (exact) mass is 520 g/mol. The second-order valence-corrected chi connectivity index (χ2v) is 9.92. The molecule has 1 fully saturated rings. The Kier molecular flexibility index (Phi) is 9.94. The average Bonchev–Trinajstić information content (AvgIpc) is 3.14. The van der Waals surface area contributed by atoms with Crippen molar-refractivity contribution in [3.05, 3.63) is 46.8 Å². The van der Waals surface area contributed by atoms with Crippen molar-refractivity contribution in [1.29, 1.82) is 0 Å². The average molecular weight is 521 g/mol. The van der Waals surface area contributed by atoms with E-state index in [1.165, 1.54) is 0 Å². The van der Waals surface area contributed by atoms with Crippen molar-refractivity contribution in [1.82, 2.24) is 9.78 Å². The van der Waals surface area contributed by atoms with Crippen LogP contribution in [-0.4, -0.2) is 81.1 Å². The molecule has 0 saturated carbocycles. The Labute approximate surface area is 218 Å². The smallest absolute Gasteiger partial charge is 0.491 e. The lowest BCUT2D eigenvalue weighted by Gasteiger charge is -2.40. The van der Waals surface area contributed by atoms with Gasteiger partial charge in [-0.15, -0.1) is 0 Å². The molecule has 10 nitrogen and oxygen atoms in total. The first kappa shape index (κ1) is 28.9. The maximum absolute atomic E-state index is 11.6. The summed E-state index contributed by atoms with van der Waals surface area (Å²) < 4.78 is 23.3. The Morgan fingerprint density at radius 1 is 1.03 bits per heavy atom. The number of carbonyl (C=O) groups is 1. The number of carbonyl (C=O) groups excluding carboxylic acids is 1. The summed E-state index contributed by atoms with van der Waals surface area (Å²) in [6.07, 6.45) is -6.15. The zero-order valence-corrected chi connectivity index (χ0v) is 22.5. The van der Waals surface area contributed by atoms with Crippen molar-refractivity contribution in [2.24, 2.45) is 0 Å². The number of hydrogen-bond donors (Lipinski definition) is 3. The van der Waals surface area contributed by atoms with Gasteiger partial charge in [-0.3, -0.25) is 4.68 Å². The van der Waals surface area contributed by atoms with E-state index in [4.69, 9.17) is 24.0 Å². The van der Waals surface area contributed by atoms with E-state index in [1.54, 1.807) is 6.92 Å². The van der Waals surface area contributed by atoms with Gasteiger partial charge in [0.2, 0.25) is 0 Å². The zero-order valence-electron chi connectivity index (χ0n) is 22.5. The molecule has 2 aromatic rings. The molecular weight excluding hydrogens is 480 g/mol. The Hall–Kier alpha value is -2.66. The van der Waals surface area contributed by atoms with Gasteiger partial charge in [0.05, 0.1) is 24.5 Å². The van der Waals surface area contributed by atoms with E-state index in [2.05, 4.69) is 0 Å². The molecule has 2 heterocycles. The highest BCUT2D eigenvalue weighted by Gasteiger charge is 2.44. The van der Waals surface area contributed by atoms with E-state index >= 15 is 0 Å². The van der Waals surface area contributed by atoms with E-state index in [-0.39, 0.29) is 31.8 Å². The zero-order chi connectivity index (χ0) is 27.3. The van der Waals surface area contributed by atoms with Crippen LogP contribution in [0, 0.1) is 6.92 Å². The van der Waals surface area contributed by atoms with Crippen LogP contribution >= 0.6 is 0 Å². The third-order valence-electron chi connectivity index (χ3n) is 6.36. The second kappa shape index (κ2) is 12.7. The van der Waals surface area contributed by atoms with E-state index in [0.717, 1.165) is 28.3 Å². The predicted molar refractivity (Wildman–Crippen MR) is 136 cm³/mol. The molecule has 1 aliphatic rings. The predicted octanol–water partition coefficient (Wildman–Crippen LogP) is 2.72. The molecule has 5 atom stereocenters. The van der Waals surface area contributed by atoms with Crippen LogP contribution in [0.25, 0.3) is 0 Å². The van der Waals surface area contributed by atoms with Crippen LogP contribution in [0.3, 0.4) is 0 Å². The van der Waals surface area contributed by atoms with E-state index < -0.39 is 36.7 Å². The van der Waals surface area contributed by atoms with Gasteiger partial charge < -0.3 is 34.3 Å². The first-order valence-corrected chi connectivity index (χ1v) is 12.8. The molecule has 0 bridgehead atoms. The summed E-state index contributed by atoms with van der Waals surface area (Å²) >= 11 is 0. The van der Waals surface area contributed by atoms with Gasteiger partial charge in [-0.2, -0.15) is 5.10 Å². The fourth-order valence-corrected chi connectivity index (χ4v) is 4.51. The van der Waals surface area contributed by atoms with Gasteiger partial charge in [-0.25, -0.2) is 4.79 Å². The van der Waals surface area contributed by atoms with Crippen LogP contribution in [0.1, 0.15) is 63.2 Å². The summed E-state index contributed by atoms with van der Waals surface area (Å²) in [7, 11) is 0. The molecule has 3 rings (SSSR count). The molecule has 206 valence electrons. The van der Waals surface area contributed by atoms with Gasteiger partial charge in [-0.05, 0) is 59.2 Å². The van der Waals surface area contributed by atoms with Gasteiger partial charge in [0.1, 0.15) is 36.8 Å². The molecule has 3 N–H and O–H groups in total. The Morgan fingerprint density at radius 2 is 1.68 bits per heavy atom. The standard InChI is InChI=1S/C27H40N2O8/c1-7-34-27(33)35-14-23-25(31)26(32)24(30)22(37-23)13-21-20(17(6)29(28-21)15(2)3)12-18-8-10-19(11-9-18)36-16(4)5/h8-11,15-16,22-26,30-32H,7,12-14H2,1-6H3/t22-,23+,24-,25+,26+/m0/s1. The Balaban J connectivity index is 1.82. The number of ether oxygens (including phenoxy) is 4. The Morgan fingerprint density at radius 3 is 2.27 bits per heavy atom. The van der Waals surface area contributed by atoms with Crippen LogP contribution < -0.4 is 4.74 Å². The van der Waals surface area contributed by atoms with Crippen molar-refractivity contribution in [3.8, 4) is 5.75 Å². The van der Waals surface area contributed by atoms with Crippen LogP contribution in [0.5, 0.6) is 5.75 Å². The molecule has 1 aromatic heterocycles. The van der Waals surface area contributed by atoms with E-state index in [0.29, 0.717) is 6.42 Å². The fraction of sp³-hybridized carbons (Fsp3) is 0.630. The number of nitrogens with zero attached hydrogens (tertiary/aromatic N) is 2. The molecule has 0 spiro atoms. The van der Waals surface area contributed by atoms with Gasteiger partial charge in [0.25, 0.3) is 0 Å². The van der Waals surface area contributed by atoms with Crippen molar-refractivity contribution < 1.29 is 39.1 Å². The summed E-state index contributed by atoms with van der Waals surface area (Å²) in [6.45, 7) is 11.5. The highest BCUT2D eigenvalue weighted by molar-refractivity contribution is 5.59. The number of aliphatic hydroxyl groups is 3. The highest BCUT2D eigenvalue weighted by Crippen LogP contribution is 2.28. The Bertz CT molecular complexity index is 1020. The normalized spacial score (nSPS) is 23.9. The third kappa shape index (κ3) is 7.22. The number of aromatic nitrogens is 2. The summed E-state index contributed by atoms with van der Waals surface area (Å²) in [6, 6.07) is 8.03. The SMILES string of the molecule is CCOC(=O)OC[C@H]1O[C@@H](Cc2nn(C(C)C)c(C)c2Cc2ccc(OC(C)C)cc2)[C@H](O)[C@@H](O)[C@@H]1O. The lowest BCUT2D eigenvalue weighted by Crippen LogP contribution is -2.59. The number of hydrogen-bond acceptors (Lipinski definition) is 9. The van der Waals surface area contributed by atoms with Crippen LogP contribution in [-0.2, 0) is 27.1 Å². The third-order valence-corrected chi connectivity index (χ3v) is 6.36. The lowest BCUT2D eigenvalue weighted by atomic mass is 9.91. The number of aliphatic hydroxyl groups excluding tert-OH is 3.